The van der Waals surface area contributed by atoms with Gasteiger partial charge in [-0.1, -0.05) is 0 Å². The molecule has 1 N–H and O–H groups in total. The van der Waals surface area contributed by atoms with Gasteiger partial charge in [-0.15, -0.1) is 11.3 Å². The fourth-order valence-corrected chi connectivity index (χ4v) is 2.32. The van der Waals surface area contributed by atoms with Crippen LogP contribution in [-0.4, -0.2) is 18.6 Å². The molecule has 0 fully saturated rings. The Morgan fingerprint density at radius 3 is 2.93 bits per heavy atom. The highest BCUT2D eigenvalue weighted by Crippen LogP contribution is 2.19. The lowest BCUT2D eigenvalue weighted by molar-refractivity contribution is -0.127. The molecule has 0 atom stereocenters. The van der Waals surface area contributed by atoms with Crippen molar-refractivity contribution >= 4 is 33.2 Å². The molecule has 0 spiro atoms. The third kappa shape index (κ3) is 5.30. The van der Waals surface area contributed by atoms with Crippen molar-refractivity contribution in [2.24, 2.45) is 0 Å². The number of rotatable bonds is 5. The van der Waals surface area contributed by atoms with E-state index in [-0.39, 0.29) is 18.6 Å². The maximum Gasteiger partial charge on any atom is 0.246 e. The van der Waals surface area contributed by atoms with Crippen LogP contribution in [0.3, 0.4) is 0 Å². The van der Waals surface area contributed by atoms with Crippen LogP contribution in [0.2, 0.25) is 0 Å². The van der Waals surface area contributed by atoms with Crippen LogP contribution in [0.4, 0.5) is 0 Å². The van der Waals surface area contributed by atoms with Gasteiger partial charge in [-0.2, -0.15) is 0 Å². The maximum absolute atomic E-state index is 11.3. The van der Waals surface area contributed by atoms with Crippen molar-refractivity contribution in [2.75, 3.05) is 6.61 Å². The topological polar surface area (TPSA) is 38.3 Å². The SMILES string of the molecule is CC(C)OCC(=O)NCc1cc(Br)cs1. The molecule has 15 heavy (non-hydrogen) atoms. The van der Waals surface area contributed by atoms with Crippen LogP contribution >= 0.6 is 27.3 Å². The molecule has 0 aliphatic rings. The summed E-state index contributed by atoms with van der Waals surface area (Å²) in [5.41, 5.74) is 0. The molecule has 0 radical (unpaired) electrons. The molecule has 0 aliphatic heterocycles. The number of thiophene rings is 1. The highest BCUT2D eigenvalue weighted by atomic mass is 79.9. The average molecular weight is 292 g/mol. The van der Waals surface area contributed by atoms with Crippen LogP contribution in [0.1, 0.15) is 18.7 Å². The molecule has 0 saturated carbocycles. The van der Waals surface area contributed by atoms with E-state index in [9.17, 15) is 4.79 Å². The van der Waals surface area contributed by atoms with Gasteiger partial charge in [-0.05, 0) is 35.8 Å². The summed E-state index contributed by atoms with van der Waals surface area (Å²) in [6, 6.07) is 1.99. The van der Waals surface area contributed by atoms with Gasteiger partial charge in [0.05, 0.1) is 12.6 Å². The Bertz CT molecular complexity index is 325. The largest absolute Gasteiger partial charge is 0.369 e. The van der Waals surface area contributed by atoms with Crippen LogP contribution in [0.5, 0.6) is 0 Å². The molecule has 0 unspecified atom stereocenters. The Morgan fingerprint density at radius 1 is 1.67 bits per heavy atom. The van der Waals surface area contributed by atoms with Gasteiger partial charge in [0, 0.05) is 14.7 Å². The minimum absolute atomic E-state index is 0.0757. The first-order chi connectivity index (χ1) is 7.08. The molecule has 5 heteroatoms. The summed E-state index contributed by atoms with van der Waals surface area (Å²) >= 11 is 4.98. The molecule has 3 nitrogen and oxygen atoms in total. The monoisotopic (exact) mass is 291 g/mol. The highest BCUT2D eigenvalue weighted by molar-refractivity contribution is 9.10. The van der Waals surface area contributed by atoms with E-state index in [0.29, 0.717) is 6.54 Å². The lowest BCUT2D eigenvalue weighted by Crippen LogP contribution is -2.27. The summed E-state index contributed by atoms with van der Waals surface area (Å²) in [4.78, 5) is 12.4. The van der Waals surface area contributed by atoms with Crippen LogP contribution in [0, 0.1) is 0 Å². The third-order valence-electron chi connectivity index (χ3n) is 1.63. The number of nitrogens with one attached hydrogen (secondary N) is 1. The quantitative estimate of drug-likeness (QED) is 0.905. The van der Waals surface area contributed by atoms with E-state index in [2.05, 4.69) is 21.2 Å². The molecule has 0 bridgehead atoms. The summed E-state index contributed by atoms with van der Waals surface area (Å²) < 4.78 is 6.23. The zero-order valence-electron chi connectivity index (χ0n) is 8.75. The minimum atomic E-state index is -0.0757. The lowest BCUT2D eigenvalue weighted by Gasteiger charge is -2.07. The van der Waals surface area contributed by atoms with Gasteiger partial charge in [0.2, 0.25) is 5.91 Å². The molecule has 1 aromatic rings. The van der Waals surface area contributed by atoms with Crippen LogP contribution in [0.15, 0.2) is 15.9 Å². The van der Waals surface area contributed by atoms with Crippen molar-refractivity contribution in [2.45, 2.75) is 26.5 Å². The predicted octanol–water partition coefficient (Wildman–Crippen LogP) is 2.55. The molecule has 0 saturated heterocycles. The zero-order chi connectivity index (χ0) is 11.3. The van der Waals surface area contributed by atoms with Crippen molar-refractivity contribution in [3.8, 4) is 0 Å². The Hall–Kier alpha value is -0.390. The summed E-state index contributed by atoms with van der Waals surface area (Å²) in [5.74, 6) is -0.0757. The number of ether oxygens (including phenoxy) is 1. The van der Waals surface area contributed by atoms with Gasteiger partial charge in [-0.3, -0.25) is 4.79 Å². The van der Waals surface area contributed by atoms with E-state index < -0.39 is 0 Å². The van der Waals surface area contributed by atoms with Gasteiger partial charge < -0.3 is 10.1 Å². The molecule has 1 rings (SSSR count). The fraction of sp³-hybridized carbons (Fsp3) is 0.500. The number of halogens is 1. The first-order valence-corrected chi connectivity index (χ1v) is 6.36. The van der Waals surface area contributed by atoms with Crippen LogP contribution in [0.25, 0.3) is 0 Å². The number of carbonyl (C=O) groups excluding carboxylic acids is 1. The normalized spacial score (nSPS) is 10.7. The smallest absolute Gasteiger partial charge is 0.246 e. The second kappa shape index (κ2) is 6.25. The molecule has 1 heterocycles. The maximum atomic E-state index is 11.3. The Labute approximate surface area is 102 Å². The summed E-state index contributed by atoms with van der Waals surface area (Å²) in [7, 11) is 0. The molecule has 0 aromatic carbocycles. The molecule has 1 amide bonds. The lowest BCUT2D eigenvalue weighted by atomic mass is 10.4. The second-order valence-corrected chi connectivity index (χ2v) is 5.28. The first kappa shape index (κ1) is 12.7. The third-order valence-corrected chi connectivity index (χ3v) is 3.33. The van der Waals surface area contributed by atoms with E-state index >= 15 is 0 Å². The summed E-state index contributed by atoms with van der Waals surface area (Å²) in [5, 5.41) is 4.79. The first-order valence-electron chi connectivity index (χ1n) is 4.69. The van der Waals surface area contributed by atoms with Crippen LogP contribution in [-0.2, 0) is 16.1 Å². The van der Waals surface area contributed by atoms with Gasteiger partial charge in [-0.25, -0.2) is 0 Å². The standard InChI is InChI=1S/C10H14BrNO2S/c1-7(2)14-5-10(13)12-4-9-3-8(11)6-15-9/h3,6-7H,4-5H2,1-2H3,(H,12,13). The van der Waals surface area contributed by atoms with Crippen molar-refractivity contribution in [3.05, 3.63) is 20.8 Å². The van der Waals surface area contributed by atoms with E-state index in [1.54, 1.807) is 11.3 Å². The summed E-state index contributed by atoms with van der Waals surface area (Å²) in [6.45, 7) is 4.51. The number of amides is 1. The zero-order valence-corrected chi connectivity index (χ0v) is 11.2. The predicted molar refractivity (Wildman–Crippen MR) is 65.0 cm³/mol. The van der Waals surface area contributed by atoms with Crippen molar-refractivity contribution in [1.29, 1.82) is 0 Å². The number of hydrogen-bond acceptors (Lipinski definition) is 3. The van der Waals surface area contributed by atoms with E-state index in [1.165, 1.54) is 0 Å². The van der Waals surface area contributed by atoms with Crippen LogP contribution < -0.4 is 5.32 Å². The Morgan fingerprint density at radius 2 is 2.40 bits per heavy atom. The van der Waals surface area contributed by atoms with E-state index in [1.807, 2.05) is 25.3 Å². The van der Waals surface area contributed by atoms with Crippen molar-refractivity contribution in [1.82, 2.24) is 5.32 Å². The molecular formula is C10H14BrNO2S. The Kier molecular flexibility index (Phi) is 5.28. The van der Waals surface area contributed by atoms with Crippen molar-refractivity contribution < 1.29 is 9.53 Å². The molecule has 1 aromatic heterocycles. The molecule has 0 aliphatic carbocycles. The molecule has 84 valence electrons. The number of hydrogen-bond donors (Lipinski definition) is 1. The number of carbonyl (C=O) groups is 1. The van der Waals surface area contributed by atoms with Gasteiger partial charge in [0.25, 0.3) is 0 Å². The fourth-order valence-electron chi connectivity index (χ4n) is 0.926. The Balaban J connectivity index is 2.22. The average Bonchev–Trinajstić information content (AvgIpc) is 2.58. The van der Waals surface area contributed by atoms with Gasteiger partial charge in [0.1, 0.15) is 6.61 Å². The van der Waals surface area contributed by atoms with Gasteiger partial charge in [0.15, 0.2) is 0 Å². The van der Waals surface area contributed by atoms with Crippen molar-refractivity contribution in [3.63, 3.8) is 0 Å². The molecular weight excluding hydrogens is 278 g/mol. The minimum Gasteiger partial charge on any atom is -0.369 e. The van der Waals surface area contributed by atoms with E-state index in [0.717, 1.165) is 9.35 Å². The second-order valence-electron chi connectivity index (χ2n) is 3.37. The highest BCUT2D eigenvalue weighted by Gasteiger charge is 2.04. The summed E-state index contributed by atoms with van der Waals surface area (Å²) in [6.07, 6.45) is 0.0895. The van der Waals surface area contributed by atoms with Gasteiger partial charge >= 0.3 is 0 Å². The van der Waals surface area contributed by atoms with E-state index in [4.69, 9.17) is 4.74 Å².